The summed E-state index contributed by atoms with van der Waals surface area (Å²) in [4.78, 5) is 17.9. The van der Waals surface area contributed by atoms with Gasteiger partial charge in [-0.2, -0.15) is 10.1 Å². The predicted molar refractivity (Wildman–Crippen MR) is 124 cm³/mol. The Hall–Kier alpha value is -2.83. The van der Waals surface area contributed by atoms with Crippen molar-refractivity contribution in [3.63, 3.8) is 0 Å². The van der Waals surface area contributed by atoms with Crippen LogP contribution in [-0.4, -0.2) is 17.1 Å². The van der Waals surface area contributed by atoms with Gasteiger partial charge in [0.1, 0.15) is 0 Å². The summed E-state index contributed by atoms with van der Waals surface area (Å²) >= 11 is 4.92. The third-order valence-corrected chi connectivity index (χ3v) is 5.86. The molecule has 6 heteroatoms. The predicted octanol–water partition coefficient (Wildman–Crippen LogP) is 6.36. The van der Waals surface area contributed by atoms with Gasteiger partial charge in [0, 0.05) is 10.0 Å². The van der Waals surface area contributed by atoms with Gasteiger partial charge in [-0.05, 0) is 49.7 Å². The molecule has 0 atom stereocenters. The van der Waals surface area contributed by atoms with Crippen LogP contribution in [0.3, 0.4) is 0 Å². The highest BCUT2D eigenvalue weighted by Gasteiger charge is 2.21. The highest BCUT2D eigenvalue weighted by Crippen LogP contribution is 2.32. The summed E-state index contributed by atoms with van der Waals surface area (Å²) in [5.41, 5.74) is 4.52. The fourth-order valence-corrected chi connectivity index (χ4v) is 4.32. The fourth-order valence-electron chi connectivity index (χ4n) is 2.84. The Balaban J connectivity index is 1.76. The zero-order chi connectivity index (χ0) is 20.4. The van der Waals surface area contributed by atoms with E-state index in [0.29, 0.717) is 10.7 Å². The molecule has 0 unspecified atom stereocenters. The number of aryl methyl sites for hydroxylation is 2. The highest BCUT2D eigenvalue weighted by atomic mass is 79.9. The summed E-state index contributed by atoms with van der Waals surface area (Å²) in [6, 6.07) is 21.3. The standard InChI is InChI=1S/C23H18BrN3OS/c1-15-6-8-17(9-7-15)14-25-27(22(28)18-5-3-4-16(2)12-18)23-26-20-11-10-19(24)13-21(20)29-23/h3-14H,1-2H3/b25-14+. The molecule has 1 amide bonds. The number of hydrazone groups is 1. The smallest absolute Gasteiger partial charge is 0.267 e. The summed E-state index contributed by atoms with van der Waals surface area (Å²) in [5.74, 6) is -0.213. The van der Waals surface area contributed by atoms with Crippen LogP contribution in [0.15, 0.2) is 76.3 Å². The van der Waals surface area contributed by atoms with Gasteiger partial charge in [-0.15, -0.1) is 0 Å². The average molecular weight is 464 g/mol. The Kier molecular flexibility index (Phi) is 5.56. The average Bonchev–Trinajstić information content (AvgIpc) is 3.12. The van der Waals surface area contributed by atoms with Gasteiger partial charge in [-0.1, -0.05) is 74.8 Å². The Labute approximate surface area is 181 Å². The summed E-state index contributed by atoms with van der Waals surface area (Å²) < 4.78 is 1.96. The van der Waals surface area contributed by atoms with Gasteiger partial charge in [0.05, 0.1) is 16.4 Å². The Morgan fingerprint density at radius 2 is 1.83 bits per heavy atom. The number of carbonyl (C=O) groups excluding carboxylic acids is 1. The van der Waals surface area contributed by atoms with Gasteiger partial charge in [0.15, 0.2) is 0 Å². The maximum atomic E-state index is 13.3. The number of hydrogen-bond acceptors (Lipinski definition) is 4. The van der Waals surface area contributed by atoms with Gasteiger partial charge in [-0.3, -0.25) is 4.79 Å². The molecule has 0 spiro atoms. The first-order valence-electron chi connectivity index (χ1n) is 9.07. The zero-order valence-corrected chi connectivity index (χ0v) is 18.4. The number of benzene rings is 3. The van der Waals surface area contributed by atoms with Crippen molar-refractivity contribution < 1.29 is 4.79 Å². The fraction of sp³-hybridized carbons (Fsp3) is 0.0870. The lowest BCUT2D eigenvalue weighted by Crippen LogP contribution is -2.25. The molecular weight excluding hydrogens is 446 g/mol. The van der Waals surface area contributed by atoms with E-state index in [-0.39, 0.29) is 5.91 Å². The first-order valence-corrected chi connectivity index (χ1v) is 10.7. The third kappa shape index (κ3) is 4.44. The second-order valence-corrected chi connectivity index (χ2v) is 8.67. The van der Waals surface area contributed by atoms with E-state index >= 15 is 0 Å². The van der Waals surface area contributed by atoms with Crippen molar-refractivity contribution in [3.05, 3.63) is 93.5 Å². The number of fused-ring (bicyclic) bond motifs is 1. The highest BCUT2D eigenvalue weighted by molar-refractivity contribution is 9.10. The van der Waals surface area contributed by atoms with E-state index in [0.717, 1.165) is 25.8 Å². The lowest BCUT2D eigenvalue weighted by Gasteiger charge is -2.14. The van der Waals surface area contributed by atoms with Gasteiger partial charge < -0.3 is 0 Å². The van der Waals surface area contributed by atoms with Gasteiger partial charge in [0.25, 0.3) is 5.91 Å². The van der Waals surface area contributed by atoms with Crippen LogP contribution in [0, 0.1) is 13.8 Å². The lowest BCUT2D eigenvalue weighted by molar-refractivity contribution is 0.0987. The Bertz CT molecular complexity index is 1210. The van der Waals surface area contributed by atoms with Crippen molar-refractivity contribution in [3.8, 4) is 0 Å². The molecule has 0 saturated heterocycles. The quantitative estimate of drug-likeness (QED) is 0.261. The van der Waals surface area contributed by atoms with Gasteiger partial charge in [0.2, 0.25) is 5.13 Å². The SMILES string of the molecule is Cc1ccc(/C=N/N(C(=O)c2cccc(C)c2)c2nc3ccc(Br)cc3s2)cc1. The molecule has 0 bridgehead atoms. The maximum absolute atomic E-state index is 13.3. The van der Waals surface area contributed by atoms with Crippen molar-refractivity contribution in [2.75, 3.05) is 5.01 Å². The molecule has 0 N–H and O–H groups in total. The Morgan fingerprint density at radius 3 is 2.59 bits per heavy atom. The lowest BCUT2D eigenvalue weighted by atomic mass is 10.1. The molecule has 0 fully saturated rings. The van der Waals surface area contributed by atoms with Crippen molar-refractivity contribution in [2.45, 2.75) is 13.8 Å². The first-order chi connectivity index (χ1) is 14.0. The van der Waals surface area contributed by atoms with Crippen molar-refractivity contribution >= 4 is 54.7 Å². The van der Waals surface area contributed by atoms with Crippen LogP contribution in [0.2, 0.25) is 0 Å². The number of halogens is 1. The largest absolute Gasteiger partial charge is 0.280 e. The molecule has 3 aromatic carbocycles. The molecule has 4 nitrogen and oxygen atoms in total. The molecule has 0 aliphatic heterocycles. The molecule has 0 aliphatic carbocycles. The van der Waals surface area contributed by atoms with Crippen LogP contribution in [0.4, 0.5) is 5.13 Å². The van der Waals surface area contributed by atoms with E-state index < -0.39 is 0 Å². The first kappa shape index (κ1) is 19.5. The normalized spacial score (nSPS) is 11.3. The molecule has 4 aromatic rings. The monoisotopic (exact) mass is 463 g/mol. The third-order valence-electron chi connectivity index (χ3n) is 4.38. The Morgan fingerprint density at radius 1 is 1.03 bits per heavy atom. The van der Waals surface area contributed by atoms with Crippen LogP contribution < -0.4 is 5.01 Å². The molecule has 0 saturated carbocycles. The second-order valence-electron chi connectivity index (χ2n) is 6.75. The summed E-state index contributed by atoms with van der Waals surface area (Å²) in [6.45, 7) is 4.00. The van der Waals surface area contributed by atoms with Crippen LogP contribution in [0.1, 0.15) is 27.0 Å². The number of thiazole rings is 1. The van der Waals surface area contributed by atoms with E-state index in [1.807, 2.05) is 74.5 Å². The molecule has 0 aliphatic rings. The molecular formula is C23H18BrN3OS. The minimum Gasteiger partial charge on any atom is -0.267 e. The van der Waals surface area contributed by atoms with Crippen LogP contribution >= 0.6 is 27.3 Å². The van der Waals surface area contributed by atoms with Crippen molar-refractivity contribution in [1.82, 2.24) is 4.98 Å². The summed E-state index contributed by atoms with van der Waals surface area (Å²) in [5, 5.41) is 6.43. The minimum absolute atomic E-state index is 0.213. The molecule has 144 valence electrons. The molecule has 29 heavy (non-hydrogen) atoms. The van der Waals surface area contributed by atoms with E-state index in [4.69, 9.17) is 0 Å². The van der Waals surface area contributed by atoms with Gasteiger partial charge in [-0.25, -0.2) is 4.98 Å². The summed E-state index contributed by atoms with van der Waals surface area (Å²) in [6.07, 6.45) is 1.69. The number of amides is 1. The molecule has 1 heterocycles. The number of carbonyl (C=O) groups is 1. The number of nitrogens with zero attached hydrogens (tertiary/aromatic N) is 3. The van der Waals surface area contributed by atoms with E-state index in [1.54, 1.807) is 12.3 Å². The van der Waals surface area contributed by atoms with E-state index in [2.05, 4.69) is 26.0 Å². The number of hydrogen-bond donors (Lipinski definition) is 0. The van der Waals surface area contributed by atoms with Crippen LogP contribution in [0.25, 0.3) is 10.2 Å². The number of aromatic nitrogens is 1. The van der Waals surface area contributed by atoms with E-state index in [9.17, 15) is 4.79 Å². The van der Waals surface area contributed by atoms with Crippen LogP contribution in [0.5, 0.6) is 0 Å². The molecule has 4 rings (SSSR count). The van der Waals surface area contributed by atoms with Crippen molar-refractivity contribution in [2.24, 2.45) is 5.10 Å². The van der Waals surface area contributed by atoms with Crippen molar-refractivity contribution in [1.29, 1.82) is 0 Å². The summed E-state index contributed by atoms with van der Waals surface area (Å²) in [7, 11) is 0. The zero-order valence-electron chi connectivity index (χ0n) is 16.0. The van der Waals surface area contributed by atoms with Crippen LogP contribution in [-0.2, 0) is 0 Å². The second kappa shape index (κ2) is 8.27. The minimum atomic E-state index is -0.213. The van der Waals surface area contributed by atoms with E-state index in [1.165, 1.54) is 21.9 Å². The maximum Gasteiger partial charge on any atom is 0.280 e. The number of rotatable bonds is 4. The van der Waals surface area contributed by atoms with Gasteiger partial charge >= 0.3 is 0 Å². The molecule has 1 aromatic heterocycles. The molecule has 0 radical (unpaired) electrons. The topological polar surface area (TPSA) is 45.6 Å². The number of anilines is 1.